The van der Waals surface area contributed by atoms with Gasteiger partial charge in [-0.05, 0) is 12.5 Å². The van der Waals surface area contributed by atoms with Gasteiger partial charge in [0.15, 0.2) is 0 Å². The third kappa shape index (κ3) is 2.21. The lowest BCUT2D eigenvalue weighted by Gasteiger charge is -2.21. The van der Waals surface area contributed by atoms with Crippen LogP contribution in [0.25, 0.3) is 0 Å². The Balaban J connectivity index is 2.88. The van der Waals surface area contributed by atoms with E-state index >= 15 is 0 Å². The van der Waals surface area contributed by atoms with Crippen LogP contribution in [0.4, 0.5) is 5.69 Å². The third-order valence-corrected chi connectivity index (χ3v) is 2.26. The number of aliphatic hydroxyl groups is 1. The fourth-order valence-electron chi connectivity index (χ4n) is 1.38. The molecule has 0 saturated carbocycles. The maximum atomic E-state index is 9.92. The summed E-state index contributed by atoms with van der Waals surface area (Å²) < 4.78 is 5.14. The van der Waals surface area contributed by atoms with E-state index in [2.05, 4.69) is 4.98 Å². The molecule has 0 aliphatic rings. The Bertz CT molecular complexity index is 287. The Kier molecular flexibility index (Phi) is 3.85. The van der Waals surface area contributed by atoms with Gasteiger partial charge in [0.25, 0.3) is 0 Å². The maximum Gasteiger partial charge on any atom is 0.109 e. The first kappa shape index (κ1) is 10.9. The standard InChI is InChI=1S/C10H16N2O2/c1-3-9(14-2)10(13)7-6-12-5-4-8(7)11/h4-6,9-10,13H,3H2,1-2H3,(H2,11,12). The summed E-state index contributed by atoms with van der Waals surface area (Å²) in [5.41, 5.74) is 6.88. The van der Waals surface area contributed by atoms with Crippen molar-refractivity contribution in [1.29, 1.82) is 0 Å². The van der Waals surface area contributed by atoms with Gasteiger partial charge in [-0.25, -0.2) is 0 Å². The predicted molar refractivity (Wildman–Crippen MR) is 54.7 cm³/mol. The monoisotopic (exact) mass is 196 g/mol. The molecule has 14 heavy (non-hydrogen) atoms. The second kappa shape index (κ2) is 4.93. The highest BCUT2D eigenvalue weighted by Gasteiger charge is 2.20. The molecule has 0 radical (unpaired) electrons. The van der Waals surface area contributed by atoms with E-state index < -0.39 is 6.10 Å². The van der Waals surface area contributed by atoms with Crippen molar-refractivity contribution in [2.24, 2.45) is 0 Å². The van der Waals surface area contributed by atoms with Crippen molar-refractivity contribution >= 4 is 5.69 Å². The summed E-state index contributed by atoms with van der Waals surface area (Å²) in [6.45, 7) is 1.95. The van der Waals surface area contributed by atoms with E-state index in [4.69, 9.17) is 10.5 Å². The molecule has 3 N–H and O–H groups in total. The zero-order chi connectivity index (χ0) is 10.6. The number of nitrogens with zero attached hydrogens (tertiary/aromatic N) is 1. The Morgan fingerprint density at radius 3 is 2.86 bits per heavy atom. The molecule has 0 amide bonds. The maximum absolute atomic E-state index is 9.92. The normalized spacial score (nSPS) is 15.1. The summed E-state index contributed by atoms with van der Waals surface area (Å²) in [6.07, 6.45) is 2.95. The second-order valence-corrected chi connectivity index (χ2v) is 3.13. The van der Waals surface area contributed by atoms with E-state index in [-0.39, 0.29) is 6.10 Å². The number of methoxy groups -OCH3 is 1. The quantitative estimate of drug-likeness (QED) is 0.757. The fraction of sp³-hybridized carbons (Fsp3) is 0.500. The second-order valence-electron chi connectivity index (χ2n) is 3.13. The fourth-order valence-corrected chi connectivity index (χ4v) is 1.38. The number of ether oxygens (including phenoxy) is 1. The van der Waals surface area contributed by atoms with Gasteiger partial charge in [0.2, 0.25) is 0 Å². The molecule has 0 fully saturated rings. The largest absolute Gasteiger partial charge is 0.398 e. The minimum atomic E-state index is -0.710. The summed E-state index contributed by atoms with van der Waals surface area (Å²) in [4.78, 5) is 3.92. The molecule has 0 aliphatic carbocycles. The average molecular weight is 196 g/mol. The van der Waals surface area contributed by atoms with E-state index in [1.807, 2.05) is 6.92 Å². The molecule has 1 aromatic rings. The molecule has 1 aromatic heterocycles. The SMILES string of the molecule is CCC(OC)C(O)c1cnccc1N. The Morgan fingerprint density at radius 2 is 2.36 bits per heavy atom. The summed E-state index contributed by atoms with van der Waals surface area (Å²) in [5, 5.41) is 9.92. The Labute approximate surface area is 83.7 Å². The predicted octanol–water partition coefficient (Wildman–Crippen LogP) is 1.12. The van der Waals surface area contributed by atoms with Crippen LogP contribution in [-0.2, 0) is 4.74 Å². The first-order valence-electron chi connectivity index (χ1n) is 4.61. The van der Waals surface area contributed by atoms with Gasteiger partial charge in [-0.1, -0.05) is 6.92 Å². The number of aliphatic hydroxyl groups excluding tert-OH is 1. The lowest BCUT2D eigenvalue weighted by Crippen LogP contribution is -2.20. The van der Waals surface area contributed by atoms with Gasteiger partial charge in [0, 0.05) is 30.8 Å². The summed E-state index contributed by atoms with van der Waals surface area (Å²) >= 11 is 0. The van der Waals surface area contributed by atoms with Gasteiger partial charge < -0.3 is 15.6 Å². The molecule has 2 atom stereocenters. The zero-order valence-corrected chi connectivity index (χ0v) is 8.47. The van der Waals surface area contributed by atoms with Crippen molar-refractivity contribution in [2.45, 2.75) is 25.6 Å². The molecule has 1 rings (SSSR count). The topological polar surface area (TPSA) is 68.4 Å². The highest BCUT2D eigenvalue weighted by molar-refractivity contribution is 5.45. The van der Waals surface area contributed by atoms with Crippen LogP contribution in [0, 0.1) is 0 Å². The summed E-state index contributed by atoms with van der Waals surface area (Å²) in [5.74, 6) is 0. The van der Waals surface area contributed by atoms with Crippen molar-refractivity contribution in [3.05, 3.63) is 24.0 Å². The summed E-state index contributed by atoms with van der Waals surface area (Å²) in [7, 11) is 1.57. The van der Waals surface area contributed by atoms with Crippen LogP contribution in [0.1, 0.15) is 25.0 Å². The highest BCUT2D eigenvalue weighted by atomic mass is 16.5. The molecule has 0 spiro atoms. The van der Waals surface area contributed by atoms with Crippen LogP contribution in [0.15, 0.2) is 18.5 Å². The third-order valence-electron chi connectivity index (χ3n) is 2.26. The van der Waals surface area contributed by atoms with Crippen LogP contribution in [0.5, 0.6) is 0 Å². The number of hydrogen-bond donors (Lipinski definition) is 2. The van der Waals surface area contributed by atoms with Crippen LogP contribution >= 0.6 is 0 Å². The van der Waals surface area contributed by atoms with E-state index in [9.17, 15) is 5.11 Å². The Hall–Kier alpha value is -1.13. The lowest BCUT2D eigenvalue weighted by atomic mass is 10.0. The van der Waals surface area contributed by atoms with Gasteiger partial charge in [0.05, 0.1) is 6.10 Å². The Morgan fingerprint density at radius 1 is 1.64 bits per heavy atom. The molecule has 0 aliphatic heterocycles. The summed E-state index contributed by atoms with van der Waals surface area (Å²) in [6, 6.07) is 1.67. The van der Waals surface area contributed by atoms with Crippen molar-refractivity contribution in [2.75, 3.05) is 12.8 Å². The minimum Gasteiger partial charge on any atom is -0.398 e. The van der Waals surface area contributed by atoms with Crippen LogP contribution < -0.4 is 5.73 Å². The highest BCUT2D eigenvalue weighted by Crippen LogP contribution is 2.24. The molecule has 1 heterocycles. The average Bonchev–Trinajstić information content (AvgIpc) is 2.20. The van der Waals surface area contributed by atoms with Crippen LogP contribution in [-0.4, -0.2) is 23.3 Å². The number of pyridine rings is 1. The van der Waals surface area contributed by atoms with Gasteiger partial charge in [-0.15, -0.1) is 0 Å². The smallest absolute Gasteiger partial charge is 0.109 e. The van der Waals surface area contributed by atoms with E-state index in [1.165, 1.54) is 0 Å². The molecule has 0 aromatic carbocycles. The van der Waals surface area contributed by atoms with Gasteiger partial charge in [-0.2, -0.15) is 0 Å². The van der Waals surface area contributed by atoms with Crippen LogP contribution in [0.2, 0.25) is 0 Å². The van der Waals surface area contributed by atoms with Gasteiger partial charge >= 0.3 is 0 Å². The first-order chi connectivity index (χ1) is 6.70. The zero-order valence-electron chi connectivity index (χ0n) is 8.47. The van der Waals surface area contributed by atoms with E-state index in [0.717, 1.165) is 6.42 Å². The number of nitrogen functional groups attached to an aromatic ring is 1. The molecule has 78 valence electrons. The minimum absolute atomic E-state index is 0.235. The number of anilines is 1. The van der Waals surface area contributed by atoms with Crippen molar-refractivity contribution < 1.29 is 9.84 Å². The van der Waals surface area contributed by atoms with Crippen molar-refractivity contribution in [3.8, 4) is 0 Å². The molecular formula is C10H16N2O2. The van der Waals surface area contributed by atoms with E-state index in [0.29, 0.717) is 11.3 Å². The molecular weight excluding hydrogens is 180 g/mol. The van der Waals surface area contributed by atoms with Crippen LogP contribution in [0.3, 0.4) is 0 Å². The number of hydrogen-bond acceptors (Lipinski definition) is 4. The number of rotatable bonds is 4. The lowest BCUT2D eigenvalue weighted by molar-refractivity contribution is -0.0146. The molecule has 0 bridgehead atoms. The molecule has 4 nitrogen and oxygen atoms in total. The molecule has 0 saturated heterocycles. The number of nitrogens with two attached hydrogens (primary N) is 1. The first-order valence-corrected chi connectivity index (χ1v) is 4.61. The molecule has 4 heteroatoms. The number of aromatic nitrogens is 1. The van der Waals surface area contributed by atoms with Crippen molar-refractivity contribution in [3.63, 3.8) is 0 Å². The van der Waals surface area contributed by atoms with Gasteiger partial charge in [0.1, 0.15) is 6.10 Å². The van der Waals surface area contributed by atoms with Crippen molar-refractivity contribution in [1.82, 2.24) is 4.98 Å². The van der Waals surface area contributed by atoms with E-state index in [1.54, 1.807) is 25.6 Å². The van der Waals surface area contributed by atoms with Gasteiger partial charge in [-0.3, -0.25) is 4.98 Å². The molecule has 2 unspecified atom stereocenters.